The zero-order chi connectivity index (χ0) is 17.4. The Morgan fingerprint density at radius 3 is 2.72 bits per heavy atom. The van der Waals surface area contributed by atoms with Gasteiger partial charge in [-0.1, -0.05) is 23.7 Å². The van der Waals surface area contributed by atoms with Gasteiger partial charge in [0.05, 0.1) is 11.1 Å². The van der Waals surface area contributed by atoms with Crippen LogP contribution < -0.4 is 16.0 Å². The van der Waals surface area contributed by atoms with Gasteiger partial charge in [0.1, 0.15) is 5.82 Å². The number of rotatable bonds is 2. The lowest BCUT2D eigenvalue weighted by Crippen LogP contribution is -2.29. The Bertz CT molecular complexity index is 895. The van der Waals surface area contributed by atoms with Crippen molar-refractivity contribution in [1.82, 2.24) is 25.1 Å². The van der Waals surface area contributed by atoms with E-state index in [2.05, 4.69) is 20.3 Å². The molecule has 2 aromatic heterocycles. The van der Waals surface area contributed by atoms with Gasteiger partial charge in [-0.2, -0.15) is 10.1 Å². The van der Waals surface area contributed by atoms with Gasteiger partial charge in [0.25, 0.3) is 0 Å². The molecule has 1 aromatic carbocycles. The molecule has 0 aliphatic carbocycles. The Hall–Kier alpha value is -2.38. The molecule has 0 atom stereocenters. The van der Waals surface area contributed by atoms with Crippen molar-refractivity contribution in [3.05, 3.63) is 29.3 Å². The summed E-state index contributed by atoms with van der Waals surface area (Å²) in [5.41, 5.74) is 8.59. The first-order valence-electron chi connectivity index (χ1n) is 8.35. The number of nitrogen functional groups attached to an aromatic ring is 1. The summed E-state index contributed by atoms with van der Waals surface area (Å²) in [4.78, 5) is 11.7. The number of halogens is 1. The summed E-state index contributed by atoms with van der Waals surface area (Å²) >= 11 is 6.03. The Morgan fingerprint density at radius 1 is 1.12 bits per heavy atom. The smallest absolute Gasteiger partial charge is 0.228 e. The van der Waals surface area contributed by atoms with Crippen LogP contribution in [0.3, 0.4) is 0 Å². The number of aryl methyl sites for hydroxylation is 1. The van der Waals surface area contributed by atoms with E-state index < -0.39 is 0 Å². The summed E-state index contributed by atoms with van der Waals surface area (Å²) in [6.07, 6.45) is 1.06. The van der Waals surface area contributed by atoms with E-state index in [-0.39, 0.29) is 0 Å². The second-order valence-corrected chi connectivity index (χ2v) is 6.61. The molecular formula is C17H20ClN7. The molecule has 0 saturated carbocycles. The van der Waals surface area contributed by atoms with Crippen LogP contribution in [0.15, 0.2) is 24.3 Å². The normalized spacial score (nSPS) is 15.5. The van der Waals surface area contributed by atoms with Crippen LogP contribution in [-0.4, -0.2) is 45.9 Å². The van der Waals surface area contributed by atoms with Crippen LogP contribution in [0, 0.1) is 0 Å². The largest absolute Gasteiger partial charge is 0.383 e. The van der Waals surface area contributed by atoms with Crippen LogP contribution in [0.4, 0.5) is 11.8 Å². The van der Waals surface area contributed by atoms with Gasteiger partial charge in [-0.3, -0.25) is 4.68 Å². The minimum absolute atomic E-state index is 0.559. The van der Waals surface area contributed by atoms with E-state index in [0.29, 0.717) is 22.4 Å². The summed E-state index contributed by atoms with van der Waals surface area (Å²) in [6, 6.07) is 7.61. The van der Waals surface area contributed by atoms with E-state index in [9.17, 15) is 0 Å². The highest BCUT2D eigenvalue weighted by molar-refractivity contribution is 6.30. The predicted octanol–water partition coefficient (Wildman–Crippen LogP) is 2.07. The third kappa shape index (κ3) is 3.01. The number of anilines is 2. The molecule has 4 rings (SSSR count). The second-order valence-electron chi connectivity index (χ2n) is 6.18. The SMILES string of the molecule is Cn1nc2nc(N3CCCNCC3)nc(-c3ccc(Cl)cc3)c2c1N. The summed E-state index contributed by atoms with van der Waals surface area (Å²) in [7, 11) is 1.82. The van der Waals surface area contributed by atoms with Gasteiger partial charge in [-0.05, 0) is 25.1 Å². The maximum Gasteiger partial charge on any atom is 0.228 e. The van der Waals surface area contributed by atoms with Crippen LogP contribution >= 0.6 is 11.6 Å². The molecule has 0 radical (unpaired) electrons. The molecular weight excluding hydrogens is 338 g/mol. The lowest BCUT2D eigenvalue weighted by molar-refractivity contribution is 0.724. The molecule has 25 heavy (non-hydrogen) atoms. The quantitative estimate of drug-likeness (QED) is 0.730. The van der Waals surface area contributed by atoms with Crippen molar-refractivity contribution in [2.45, 2.75) is 6.42 Å². The summed E-state index contributed by atoms with van der Waals surface area (Å²) < 4.78 is 1.65. The topological polar surface area (TPSA) is 84.9 Å². The molecule has 7 nitrogen and oxygen atoms in total. The number of benzene rings is 1. The van der Waals surface area contributed by atoms with E-state index in [1.54, 1.807) is 4.68 Å². The van der Waals surface area contributed by atoms with Crippen LogP contribution in [0.2, 0.25) is 5.02 Å². The van der Waals surface area contributed by atoms with Gasteiger partial charge in [-0.15, -0.1) is 0 Å². The zero-order valence-corrected chi connectivity index (χ0v) is 14.8. The maximum atomic E-state index is 6.23. The number of aromatic nitrogens is 4. The third-order valence-corrected chi connectivity index (χ3v) is 4.72. The Labute approximate surface area is 150 Å². The molecule has 0 spiro atoms. The molecule has 1 fully saturated rings. The van der Waals surface area contributed by atoms with Gasteiger partial charge in [0.15, 0.2) is 5.65 Å². The van der Waals surface area contributed by atoms with E-state index in [4.69, 9.17) is 22.3 Å². The highest BCUT2D eigenvalue weighted by atomic mass is 35.5. The van der Waals surface area contributed by atoms with Gasteiger partial charge < -0.3 is 16.0 Å². The van der Waals surface area contributed by atoms with Crippen molar-refractivity contribution in [2.24, 2.45) is 7.05 Å². The monoisotopic (exact) mass is 357 g/mol. The van der Waals surface area contributed by atoms with Crippen molar-refractivity contribution >= 4 is 34.4 Å². The standard InChI is InChI=1S/C17H20ClN7/c1-24-15(19)13-14(11-3-5-12(18)6-4-11)21-17(22-16(13)23-24)25-9-2-7-20-8-10-25/h3-6,20H,2,7-10,19H2,1H3. The molecule has 1 saturated heterocycles. The van der Waals surface area contributed by atoms with Crippen molar-refractivity contribution in [3.63, 3.8) is 0 Å². The fourth-order valence-corrected chi connectivity index (χ4v) is 3.23. The Kier molecular flexibility index (Phi) is 4.19. The lowest BCUT2D eigenvalue weighted by Gasteiger charge is -2.20. The third-order valence-electron chi connectivity index (χ3n) is 4.47. The first-order chi connectivity index (χ1) is 12.1. The molecule has 0 unspecified atom stereocenters. The number of nitrogens with two attached hydrogens (primary N) is 1. The summed E-state index contributed by atoms with van der Waals surface area (Å²) in [6.45, 7) is 3.72. The predicted molar refractivity (Wildman–Crippen MR) is 101 cm³/mol. The minimum Gasteiger partial charge on any atom is -0.383 e. The highest BCUT2D eigenvalue weighted by Crippen LogP contribution is 2.32. The number of hydrogen-bond acceptors (Lipinski definition) is 6. The Balaban J connectivity index is 1.90. The van der Waals surface area contributed by atoms with Crippen molar-refractivity contribution < 1.29 is 0 Å². The molecule has 3 aromatic rings. The maximum absolute atomic E-state index is 6.23. The van der Waals surface area contributed by atoms with Gasteiger partial charge >= 0.3 is 0 Å². The van der Waals surface area contributed by atoms with E-state index in [0.717, 1.165) is 49.2 Å². The molecule has 130 valence electrons. The minimum atomic E-state index is 0.559. The molecule has 8 heteroatoms. The van der Waals surface area contributed by atoms with Crippen molar-refractivity contribution in [2.75, 3.05) is 36.8 Å². The Morgan fingerprint density at radius 2 is 1.92 bits per heavy atom. The number of fused-ring (bicyclic) bond motifs is 1. The molecule has 0 amide bonds. The highest BCUT2D eigenvalue weighted by Gasteiger charge is 2.20. The number of hydrogen-bond donors (Lipinski definition) is 2. The van der Waals surface area contributed by atoms with Gasteiger partial charge in [0, 0.05) is 37.3 Å². The number of nitrogens with one attached hydrogen (secondary N) is 1. The van der Waals surface area contributed by atoms with Crippen LogP contribution in [0.5, 0.6) is 0 Å². The first kappa shape index (κ1) is 16.1. The molecule has 1 aliphatic heterocycles. The second kappa shape index (κ2) is 6.50. The van der Waals surface area contributed by atoms with Gasteiger partial charge in [0.2, 0.25) is 5.95 Å². The molecule has 3 heterocycles. The van der Waals surface area contributed by atoms with E-state index in [1.165, 1.54) is 0 Å². The van der Waals surface area contributed by atoms with Crippen molar-refractivity contribution in [3.8, 4) is 11.3 Å². The van der Waals surface area contributed by atoms with E-state index >= 15 is 0 Å². The summed E-state index contributed by atoms with van der Waals surface area (Å²) in [5.74, 6) is 1.25. The fourth-order valence-electron chi connectivity index (χ4n) is 3.11. The molecule has 3 N–H and O–H groups in total. The van der Waals surface area contributed by atoms with Crippen LogP contribution in [-0.2, 0) is 7.05 Å². The average molecular weight is 358 g/mol. The molecule has 1 aliphatic rings. The lowest BCUT2D eigenvalue weighted by atomic mass is 10.1. The van der Waals surface area contributed by atoms with Gasteiger partial charge in [-0.25, -0.2) is 4.98 Å². The fraction of sp³-hybridized carbons (Fsp3) is 0.353. The number of nitrogens with zero attached hydrogens (tertiary/aromatic N) is 5. The average Bonchev–Trinajstić information content (AvgIpc) is 2.81. The zero-order valence-electron chi connectivity index (χ0n) is 14.0. The van der Waals surface area contributed by atoms with Crippen molar-refractivity contribution in [1.29, 1.82) is 0 Å². The van der Waals surface area contributed by atoms with E-state index in [1.807, 2.05) is 31.3 Å². The first-order valence-corrected chi connectivity index (χ1v) is 8.73. The molecule has 0 bridgehead atoms. The van der Waals surface area contributed by atoms with Crippen LogP contribution in [0.25, 0.3) is 22.3 Å². The van der Waals surface area contributed by atoms with Crippen LogP contribution in [0.1, 0.15) is 6.42 Å². The summed E-state index contributed by atoms with van der Waals surface area (Å²) in [5, 5.41) is 9.33.